The zero-order valence-electron chi connectivity index (χ0n) is 14.6. The van der Waals surface area contributed by atoms with E-state index in [1.165, 1.54) is 36.4 Å². The highest BCUT2D eigenvalue weighted by atomic mass is 35.5. The number of nitrogens with one attached hydrogen (secondary N) is 1. The Morgan fingerprint density at radius 2 is 1.41 bits per heavy atom. The van der Waals surface area contributed by atoms with Crippen molar-refractivity contribution in [3.63, 3.8) is 0 Å². The average Bonchev–Trinajstić information content (AvgIpc) is 2.96. The first-order valence-electron chi connectivity index (χ1n) is 8.40. The number of hydrogen-bond donors (Lipinski definition) is 1. The molecule has 1 aliphatic heterocycles. The summed E-state index contributed by atoms with van der Waals surface area (Å²) in [4.78, 5) is 38.7. The molecule has 144 valence electrons. The van der Waals surface area contributed by atoms with Gasteiger partial charge in [-0.3, -0.25) is 14.4 Å². The lowest BCUT2D eigenvalue weighted by molar-refractivity contribution is 0.0924. The number of anilines is 2. The SMILES string of the molecule is O=C(Nc1ccc(N2C(=O)c3ccccc3C2=O)cc1Cl)c1ccc(Cl)c(Cl)c1. The van der Waals surface area contributed by atoms with Crippen molar-refractivity contribution in [3.05, 3.63) is 92.4 Å². The van der Waals surface area contributed by atoms with Crippen LogP contribution in [0.1, 0.15) is 31.1 Å². The van der Waals surface area contributed by atoms with E-state index >= 15 is 0 Å². The number of benzene rings is 3. The van der Waals surface area contributed by atoms with Crippen LogP contribution in [0, 0.1) is 0 Å². The lowest BCUT2D eigenvalue weighted by Crippen LogP contribution is -2.29. The van der Waals surface area contributed by atoms with Crippen LogP contribution in [0.15, 0.2) is 60.7 Å². The second kappa shape index (κ2) is 7.52. The summed E-state index contributed by atoms with van der Waals surface area (Å²) in [6.45, 7) is 0. The summed E-state index contributed by atoms with van der Waals surface area (Å²) in [6, 6.07) is 15.6. The minimum Gasteiger partial charge on any atom is -0.321 e. The quantitative estimate of drug-likeness (QED) is 0.526. The molecule has 29 heavy (non-hydrogen) atoms. The van der Waals surface area contributed by atoms with Crippen LogP contribution in [0.3, 0.4) is 0 Å². The molecule has 0 saturated carbocycles. The first-order chi connectivity index (χ1) is 13.9. The van der Waals surface area contributed by atoms with Crippen LogP contribution in [0.25, 0.3) is 0 Å². The fourth-order valence-corrected chi connectivity index (χ4v) is 3.52. The molecule has 0 atom stereocenters. The van der Waals surface area contributed by atoms with Gasteiger partial charge in [-0.25, -0.2) is 4.90 Å². The summed E-state index contributed by atoms with van der Waals surface area (Å²) in [7, 11) is 0. The fraction of sp³-hybridized carbons (Fsp3) is 0. The molecule has 4 rings (SSSR count). The van der Waals surface area contributed by atoms with Gasteiger partial charge in [-0.05, 0) is 48.5 Å². The lowest BCUT2D eigenvalue weighted by Gasteiger charge is -2.16. The first kappa shape index (κ1) is 19.5. The number of rotatable bonds is 3. The van der Waals surface area contributed by atoms with Gasteiger partial charge in [-0.15, -0.1) is 0 Å². The number of hydrogen-bond acceptors (Lipinski definition) is 3. The van der Waals surface area contributed by atoms with Crippen LogP contribution in [0.4, 0.5) is 11.4 Å². The predicted molar refractivity (Wildman–Crippen MR) is 113 cm³/mol. The number of carbonyl (C=O) groups is 3. The Balaban J connectivity index is 1.59. The smallest absolute Gasteiger partial charge is 0.266 e. The highest BCUT2D eigenvalue weighted by Gasteiger charge is 2.36. The van der Waals surface area contributed by atoms with Gasteiger partial charge in [0.1, 0.15) is 0 Å². The normalized spacial score (nSPS) is 12.9. The summed E-state index contributed by atoms with van der Waals surface area (Å²) in [6.07, 6.45) is 0. The van der Waals surface area contributed by atoms with Crippen molar-refractivity contribution < 1.29 is 14.4 Å². The van der Waals surface area contributed by atoms with Gasteiger partial charge in [-0.2, -0.15) is 0 Å². The maximum absolute atomic E-state index is 12.6. The van der Waals surface area contributed by atoms with E-state index in [-0.39, 0.29) is 10.0 Å². The number of carbonyl (C=O) groups excluding carboxylic acids is 3. The van der Waals surface area contributed by atoms with E-state index in [1.54, 1.807) is 24.3 Å². The molecule has 1 N–H and O–H groups in total. The van der Waals surface area contributed by atoms with Crippen molar-refractivity contribution in [2.75, 3.05) is 10.2 Å². The molecule has 0 bridgehead atoms. The zero-order chi connectivity index (χ0) is 20.7. The van der Waals surface area contributed by atoms with E-state index in [2.05, 4.69) is 5.32 Å². The van der Waals surface area contributed by atoms with Crippen LogP contribution in [0.5, 0.6) is 0 Å². The number of halogens is 3. The molecule has 0 aromatic heterocycles. The Bertz CT molecular complexity index is 1160. The Hall–Kier alpha value is -2.86. The maximum Gasteiger partial charge on any atom is 0.266 e. The molecule has 5 nitrogen and oxygen atoms in total. The molecule has 8 heteroatoms. The molecule has 0 aliphatic carbocycles. The average molecular weight is 446 g/mol. The third-order valence-electron chi connectivity index (χ3n) is 4.43. The highest BCUT2D eigenvalue weighted by molar-refractivity contribution is 6.42. The van der Waals surface area contributed by atoms with Crippen LogP contribution in [0.2, 0.25) is 15.1 Å². The molecular weight excluding hydrogens is 435 g/mol. The molecular formula is C21H11Cl3N2O3. The Morgan fingerprint density at radius 3 is 2.00 bits per heavy atom. The largest absolute Gasteiger partial charge is 0.321 e. The van der Waals surface area contributed by atoms with E-state index in [0.717, 1.165) is 4.90 Å². The van der Waals surface area contributed by atoms with E-state index in [4.69, 9.17) is 34.8 Å². The topological polar surface area (TPSA) is 66.5 Å². The molecule has 0 unspecified atom stereocenters. The van der Waals surface area contributed by atoms with Crippen molar-refractivity contribution in [2.45, 2.75) is 0 Å². The van der Waals surface area contributed by atoms with Crippen molar-refractivity contribution in [2.24, 2.45) is 0 Å². The van der Waals surface area contributed by atoms with E-state index in [0.29, 0.717) is 33.1 Å². The molecule has 3 aromatic carbocycles. The molecule has 0 fully saturated rings. The second-order valence-electron chi connectivity index (χ2n) is 6.24. The van der Waals surface area contributed by atoms with E-state index in [9.17, 15) is 14.4 Å². The van der Waals surface area contributed by atoms with Crippen LogP contribution >= 0.6 is 34.8 Å². The number of fused-ring (bicyclic) bond motifs is 1. The molecule has 0 radical (unpaired) electrons. The van der Waals surface area contributed by atoms with Gasteiger partial charge >= 0.3 is 0 Å². The maximum atomic E-state index is 12.6. The summed E-state index contributed by atoms with van der Waals surface area (Å²) < 4.78 is 0. The number of amides is 3. The molecule has 3 amide bonds. The Kier molecular flexibility index (Phi) is 5.04. The molecule has 1 heterocycles. The molecule has 3 aromatic rings. The third-order valence-corrected chi connectivity index (χ3v) is 5.49. The van der Waals surface area contributed by atoms with Gasteiger partial charge in [0.2, 0.25) is 0 Å². The Labute approximate surface area is 180 Å². The van der Waals surface area contributed by atoms with Crippen molar-refractivity contribution in [1.82, 2.24) is 0 Å². The number of nitrogens with zero attached hydrogens (tertiary/aromatic N) is 1. The third kappa shape index (κ3) is 3.49. The van der Waals surface area contributed by atoms with Gasteiger partial charge in [0.25, 0.3) is 17.7 Å². The standard InChI is InChI=1S/C21H11Cl3N2O3/c22-15-7-5-11(9-16(15)23)19(27)25-18-8-6-12(10-17(18)24)26-20(28)13-3-1-2-4-14(13)21(26)29/h1-10H,(H,25,27). The summed E-state index contributed by atoms with van der Waals surface area (Å²) in [5, 5.41) is 3.44. The van der Waals surface area contributed by atoms with Crippen LogP contribution in [-0.4, -0.2) is 17.7 Å². The first-order valence-corrected chi connectivity index (χ1v) is 9.54. The predicted octanol–water partition coefficient (Wildman–Crippen LogP) is 5.70. The minimum atomic E-state index is -0.432. The summed E-state index contributed by atoms with van der Waals surface area (Å²) in [5.74, 6) is -1.28. The van der Waals surface area contributed by atoms with Crippen LogP contribution in [-0.2, 0) is 0 Å². The van der Waals surface area contributed by atoms with Gasteiger partial charge in [0.15, 0.2) is 0 Å². The van der Waals surface area contributed by atoms with Gasteiger partial charge in [0, 0.05) is 5.56 Å². The fourth-order valence-electron chi connectivity index (χ4n) is 3.00. The Morgan fingerprint density at radius 1 is 0.759 bits per heavy atom. The molecule has 0 saturated heterocycles. The van der Waals surface area contributed by atoms with Gasteiger partial charge < -0.3 is 5.32 Å². The summed E-state index contributed by atoms with van der Waals surface area (Å²) in [5.41, 5.74) is 1.62. The molecule has 1 aliphatic rings. The van der Waals surface area contributed by atoms with E-state index in [1.807, 2.05) is 0 Å². The lowest BCUT2D eigenvalue weighted by atomic mass is 10.1. The monoisotopic (exact) mass is 444 g/mol. The van der Waals surface area contributed by atoms with Crippen LogP contribution < -0.4 is 10.2 Å². The molecule has 0 spiro atoms. The highest BCUT2D eigenvalue weighted by Crippen LogP contribution is 2.33. The summed E-state index contributed by atoms with van der Waals surface area (Å²) >= 11 is 18.1. The number of imide groups is 1. The van der Waals surface area contributed by atoms with Crippen molar-refractivity contribution >= 4 is 63.9 Å². The van der Waals surface area contributed by atoms with E-state index < -0.39 is 17.7 Å². The minimum absolute atomic E-state index is 0.174. The zero-order valence-corrected chi connectivity index (χ0v) is 16.8. The van der Waals surface area contributed by atoms with Crippen molar-refractivity contribution in [1.29, 1.82) is 0 Å². The second-order valence-corrected chi connectivity index (χ2v) is 7.46. The van der Waals surface area contributed by atoms with Gasteiger partial charge in [-0.1, -0.05) is 46.9 Å². The van der Waals surface area contributed by atoms with Gasteiger partial charge in [0.05, 0.1) is 37.6 Å². The van der Waals surface area contributed by atoms with Crippen molar-refractivity contribution in [3.8, 4) is 0 Å².